The minimum absolute atomic E-state index is 0.0476. The summed E-state index contributed by atoms with van der Waals surface area (Å²) >= 11 is 0. The lowest BCUT2D eigenvalue weighted by Crippen LogP contribution is -2.33. The minimum Gasteiger partial charge on any atom is -0.497 e. The third-order valence-electron chi connectivity index (χ3n) is 3.54. The molecule has 1 aliphatic rings. The van der Waals surface area contributed by atoms with Gasteiger partial charge in [-0.15, -0.1) is 10.2 Å². The summed E-state index contributed by atoms with van der Waals surface area (Å²) in [5, 5.41) is 7.95. The van der Waals surface area contributed by atoms with Crippen LogP contribution in [0.2, 0.25) is 0 Å². The molecule has 6 nitrogen and oxygen atoms in total. The summed E-state index contributed by atoms with van der Waals surface area (Å²) in [6.45, 7) is 2.09. The first kappa shape index (κ1) is 12.7. The fraction of sp³-hybridized carbons (Fsp3) is 0.357. The number of methoxy groups -OCH3 is 1. The van der Waals surface area contributed by atoms with Crippen LogP contribution in [0.3, 0.4) is 0 Å². The Morgan fingerprint density at radius 2 is 2.00 bits per heavy atom. The Bertz CT molecular complexity index is 583. The number of rotatable bonds is 2. The first-order valence-electron chi connectivity index (χ1n) is 6.58. The van der Waals surface area contributed by atoms with Gasteiger partial charge < -0.3 is 14.2 Å². The Hall–Kier alpha value is -2.37. The molecule has 1 amide bonds. The predicted octanol–water partition coefficient (Wildman–Crippen LogP) is 0.985. The average molecular weight is 272 g/mol. The average Bonchev–Trinajstić information content (AvgIpc) is 2.85. The summed E-state index contributed by atoms with van der Waals surface area (Å²) in [6, 6.07) is 7.21. The summed E-state index contributed by atoms with van der Waals surface area (Å²) in [6.07, 6.45) is 2.46. The van der Waals surface area contributed by atoms with E-state index in [1.54, 1.807) is 37.7 Å². The molecule has 0 radical (unpaired) electrons. The Morgan fingerprint density at radius 3 is 2.75 bits per heavy atom. The van der Waals surface area contributed by atoms with Crippen molar-refractivity contribution in [2.24, 2.45) is 0 Å². The van der Waals surface area contributed by atoms with Gasteiger partial charge in [-0.25, -0.2) is 0 Å². The molecule has 1 aromatic heterocycles. The third kappa shape index (κ3) is 2.36. The van der Waals surface area contributed by atoms with Crippen LogP contribution < -0.4 is 4.74 Å². The van der Waals surface area contributed by atoms with E-state index in [0.29, 0.717) is 18.7 Å². The van der Waals surface area contributed by atoms with Crippen molar-refractivity contribution in [3.05, 3.63) is 42.0 Å². The van der Waals surface area contributed by atoms with Gasteiger partial charge in [-0.3, -0.25) is 4.79 Å². The Kier molecular flexibility index (Phi) is 3.37. The maximum atomic E-state index is 12.5. The fourth-order valence-electron chi connectivity index (χ4n) is 2.35. The molecule has 0 saturated carbocycles. The molecule has 0 bridgehead atoms. The molecule has 6 heteroatoms. The van der Waals surface area contributed by atoms with Crippen molar-refractivity contribution in [1.29, 1.82) is 0 Å². The number of carbonyl (C=O) groups is 1. The molecule has 0 N–H and O–H groups in total. The molecule has 0 unspecified atom stereocenters. The van der Waals surface area contributed by atoms with Gasteiger partial charge in [0.05, 0.1) is 7.11 Å². The second-order valence-electron chi connectivity index (χ2n) is 4.71. The minimum atomic E-state index is 0.0476. The van der Waals surface area contributed by atoms with Crippen LogP contribution >= 0.6 is 0 Å². The van der Waals surface area contributed by atoms with Crippen LogP contribution in [0, 0.1) is 0 Å². The molecule has 2 heterocycles. The molecular formula is C14H16N4O2. The van der Waals surface area contributed by atoms with Crippen LogP contribution in [0.15, 0.2) is 30.6 Å². The molecule has 0 saturated heterocycles. The molecule has 0 spiro atoms. The number of aromatic nitrogens is 3. The zero-order valence-corrected chi connectivity index (χ0v) is 11.3. The van der Waals surface area contributed by atoms with Crippen molar-refractivity contribution in [2.75, 3.05) is 20.2 Å². The van der Waals surface area contributed by atoms with Gasteiger partial charge in [-0.2, -0.15) is 0 Å². The fourth-order valence-corrected chi connectivity index (χ4v) is 2.35. The quantitative estimate of drug-likeness (QED) is 0.818. The van der Waals surface area contributed by atoms with Crippen molar-refractivity contribution >= 4 is 5.91 Å². The number of hydrogen-bond acceptors (Lipinski definition) is 4. The Balaban J connectivity index is 1.72. The second kappa shape index (κ2) is 5.32. The summed E-state index contributed by atoms with van der Waals surface area (Å²) in [4.78, 5) is 14.3. The zero-order valence-electron chi connectivity index (χ0n) is 11.3. The normalized spacial score (nSPS) is 14.6. The van der Waals surface area contributed by atoms with Gasteiger partial charge in [0.15, 0.2) is 0 Å². The summed E-state index contributed by atoms with van der Waals surface area (Å²) in [7, 11) is 1.61. The van der Waals surface area contributed by atoms with E-state index in [4.69, 9.17) is 4.74 Å². The van der Waals surface area contributed by atoms with Crippen molar-refractivity contribution in [3.8, 4) is 5.75 Å². The molecule has 3 rings (SSSR count). The number of amides is 1. The van der Waals surface area contributed by atoms with Gasteiger partial charge in [-0.1, -0.05) is 0 Å². The molecule has 1 aromatic carbocycles. The van der Waals surface area contributed by atoms with E-state index < -0.39 is 0 Å². The molecule has 0 fully saturated rings. The topological polar surface area (TPSA) is 60.2 Å². The number of ether oxygens (including phenoxy) is 1. The molecule has 2 aromatic rings. The number of benzene rings is 1. The number of fused-ring (bicyclic) bond motifs is 1. The first-order chi connectivity index (χ1) is 9.78. The van der Waals surface area contributed by atoms with Gasteiger partial charge in [0, 0.05) is 31.6 Å². The second-order valence-corrected chi connectivity index (χ2v) is 4.71. The zero-order chi connectivity index (χ0) is 13.9. The van der Waals surface area contributed by atoms with Crippen molar-refractivity contribution < 1.29 is 9.53 Å². The maximum Gasteiger partial charge on any atom is 0.253 e. The molecule has 0 aliphatic carbocycles. The monoisotopic (exact) mass is 272 g/mol. The van der Waals surface area contributed by atoms with E-state index in [2.05, 4.69) is 10.2 Å². The molecular weight excluding hydrogens is 256 g/mol. The SMILES string of the molecule is COc1ccc(C(=O)N2CCc3nncn3CC2)cc1. The third-order valence-corrected chi connectivity index (χ3v) is 3.54. The van der Waals surface area contributed by atoms with E-state index in [9.17, 15) is 4.79 Å². The highest BCUT2D eigenvalue weighted by Gasteiger charge is 2.20. The van der Waals surface area contributed by atoms with Crippen LogP contribution in [0.1, 0.15) is 16.2 Å². The predicted molar refractivity (Wildman–Crippen MR) is 72.6 cm³/mol. The highest BCUT2D eigenvalue weighted by atomic mass is 16.5. The lowest BCUT2D eigenvalue weighted by atomic mass is 10.2. The standard InChI is InChI=1S/C14H16N4O2/c1-20-12-4-2-11(3-5-12)14(19)17-7-6-13-16-15-10-18(13)9-8-17/h2-5,10H,6-9H2,1H3. The first-order valence-corrected chi connectivity index (χ1v) is 6.58. The highest BCUT2D eigenvalue weighted by molar-refractivity contribution is 5.94. The number of hydrogen-bond donors (Lipinski definition) is 0. The maximum absolute atomic E-state index is 12.5. The van der Waals surface area contributed by atoms with E-state index in [1.807, 2.05) is 9.47 Å². The van der Waals surface area contributed by atoms with Crippen molar-refractivity contribution in [3.63, 3.8) is 0 Å². The number of carbonyl (C=O) groups excluding carboxylic acids is 1. The van der Waals surface area contributed by atoms with E-state index in [-0.39, 0.29) is 5.91 Å². The molecule has 1 aliphatic heterocycles. The lowest BCUT2D eigenvalue weighted by Gasteiger charge is -2.20. The van der Waals surface area contributed by atoms with Gasteiger partial charge in [-0.05, 0) is 24.3 Å². The van der Waals surface area contributed by atoms with Gasteiger partial charge >= 0.3 is 0 Å². The Labute approximate surface area is 117 Å². The summed E-state index contributed by atoms with van der Waals surface area (Å²) < 4.78 is 7.10. The smallest absolute Gasteiger partial charge is 0.253 e. The van der Waals surface area contributed by atoms with E-state index in [0.717, 1.165) is 24.5 Å². The van der Waals surface area contributed by atoms with Crippen LogP contribution in [0.4, 0.5) is 0 Å². The molecule has 104 valence electrons. The summed E-state index contributed by atoms with van der Waals surface area (Å²) in [5.74, 6) is 1.74. The van der Waals surface area contributed by atoms with Gasteiger partial charge in [0.25, 0.3) is 5.91 Å². The Morgan fingerprint density at radius 1 is 1.20 bits per heavy atom. The summed E-state index contributed by atoms with van der Waals surface area (Å²) in [5.41, 5.74) is 0.684. The van der Waals surface area contributed by atoms with E-state index >= 15 is 0 Å². The van der Waals surface area contributed by atoms with Crippen LogP contribution in [0.25, 0.3) is 0 Å². The van der Waals surface area contributed by atoms with Crippen molar-refractivity contribution in [2.45, 2.75) is 13.0 Å². The van der Waals surface area contributed by atoms with Gasteiger partial charge in [0.2, 0.25) is 0 Å². The molecule has 20 heavy (non-hydrogen) atoms. The molecule has 0 atom stereocenters. The van der Waals surface area contributed by atoms with Crippen LogP contribution in [0.5, 0.6) is 5.75 Å². The van der Waals surface area contributed by atoms with E-state index in [1.165, 1.54) is 0 Å². The lowest BCUT2D eigenvalue weighted by molar-refractivity contribution is 0.0759. The van der Waals surface area contributed by atoms with Gasteiger partial charge in [0.1, 0.15) is 17.9 Å². The largest absolute Gasteiger partial charge is 0.497 e. The van der Waals surface area contributed by atoms with Crippen molar-refractivity contribution in [1.82, 2.24) is 19.7 Å². The van der Waals surface area contributed by atoms with Crippen LogP contribution in [-0.4, -0.2) is 45.8 Å². The van der Waals surface area contributed by atoms with Crippen LogP contribution in [-0.2, 0) is 13.0 Å². The highest BCUT2D eigenvalue weighted by Crippen LogP contribution is 2.14. The number of nitrogens with zero attached hydrogens (tertiary/aromatic N) is 4.